The van der Waals surface area contributed by atoms with Crippen molar-refractivity contribution in [2.75, 3.05) is 6.61 Å². The summed E-state index contributed by atoms with van der Waals surface area (Å²) >= 11 is 0. The van der Waals surface area contributed by atoms with Gasteiger partial charge in [-0.05, 0) is 42.3 Å². The Labute approximate surface area is 164 Å². The lowest BCUT2D eigenvalue weighted by Gasteiger charge is -2.07. The molecule has 0 radical (unpaired) electrons. The van der Waals surface area contributed by atoms with Crippen LogP contribution in [0.3, 0.4) is 0 Å². The largest absolute Gasteiger partial charge is 0.489 e. The van der Waals surface area contributed by atoms with Gasteiger partial charge in [0.2, 0.25) is 0 Å². The number of hydrogen-bond donors (Lipinski definition) is 1. The topological polar surface area (TPSA) is 59.9 Å². The van der Waals surface area contributed by atoms with Crippen LogP contribution in [-0.4, -0.2) is 18.7 Å². The van der Waals surface area contributed by atoms with Crippen molar-refractivity contribution in [1.82, 2.24) is 5.43 Å². The SMILES string of the molecule is Cc1ccc(COc2cccc(/C=N\NC(=O)COc3ccccc3)c2)cc1. The average Bonchev–Trinajstić information content (AvgIpc) is 2.73. The first-order valence-electron chi connectivity index (χ1n) is 8.97. The van der Waals surface area contributed by atoms with Crippen LogP contribution < -0.4 is 14.9 Å². The van der Waals surface area contributed by atoms with Crippen LogP contribution in [0, 0.1) is 6.92 Å². The van der Waals surface area contributed by atoms with Crippen molar-refractivity contribution in [2.24, 2.45) is 5.10 Å². The molecule has 0 bridgehead atoms. The minimum Gasteiger partial charge on any atom is -0.489 e. The third-order valence-corrected chi connectivity index (χ3v) is 3.90. The Balaban J connectivity index is 1.46. The highest BCUT2D eigenvalue weighted by Crippen LogP contribution is 2.14. The monoisotopic (exact) mass is 374 g/mol. The van der Waals surface area contributed by atoms with Crippen LogP contribution in [0.4, 0.5) is 0 Å². The molecule has 0 unspecified atom stereocenters. The second kappa shape index (κ2) is 9.92. The Kier molecular flexibility index (Phi) is 6.79. The molecular formula is C23H22N2O3. The average molecular weight is 374 g/mol. The summed E-state index contributed by atoms with van der Waals surface area (Å²) in [6, 6.07) is 24.9. The summed E-state index contributed by atoms with van der Waals surface area (Å²) < 4.78 is 11.2. The fourth-order valence-electron chi connectivity index (χ4n) is 2.41. The van der Waals surface area contributed by atoms with E-state index >= 15 is 0 Å². The molecule has 5 nitrogen and oxygen atoms in total. The fraction of sp³-hybridized carbons (Fsp3) is 0.130. The normalized spacial score (nSPS) is 10.6. The first-order valence-corrected chi connectivity index (χ1v) is 8.97. The predicted octanol–water partition coefficient (Wildman–Crippen LogP) is 4.10. The molecule has 0 saturated heterocycles. The molecule has 0 aliphatic rings. The van der Waals surface area contributed by atoms with Gasteiger partial charge in [-0.3, -0.25) is 4.79 Å². The number of carbonyl (C=O) groups excluding carboxylic acids is 1. The predicted molar refractivity (Wildman–Crippen MR) is 110 cm³/mol. The number of rotatable bonds is 8. The molecule has 5 heteroatoms. The molecule has 0 aliphatic carbocycles. The van der Waals surface area contributed by atoms with Gasteiger partial charge in [0.05, 0.1) is 6.21 Å². The van der Waals surface area contributed by atoms with Gasteiger partial charge in [0.1, 0.15) is 18.1 Å². The van der Waals surface area contributed by atoms with Gasteiger partial charge >= 0.3 is 0 Å². The summed E-state index contributed by atoms with van der Waals surface area (Å²) in [4.78, 5) is 11.8. The molecule has 0 saturated carbocycles. The van der Waals surface area contributed by atoms with E-state index in [1.165, 1.54) is 5.56 Å². The summed E-state index contributed by atoms with van der Waals surface area (Å²) in [5.41, 5.74) is 5.60. The summed E-state index contributed by atoms with van der Waals surface area (Å²) in [6.07, 6.45) is 1.57. The molecule has 1 N–H and O–H groups in total. The van der Waals surface area contributed by atoms with Crippen molar-refractivity contribution in [3.8, 4) is 11.5 Å². The number of benzene rings is 3. The molecule has 1 amide bonds. The van der Waals surface area contributed by atoms with Gasteiger partial charge in [0.15, 0.2) is 6.61 Å². The number of amides is 1. The molecule has 0 aromatic heterocycles. The Morgan fingerprint density at radius 1 is 0.929 bits per heavy atom. The van der Waals surface area contributed by atoms with Crippen LogP contribution in [-0.2, 0) is 11.4 Å². The van der Waals surface area contributed by atoms with Gasteiger partial charge in [-0.25, -0.2) is 5.43 Å². The molecular weight excluding hydrogens is 352 g/mol. The van der Waals surface area contributed by atoms with Crippen molar-refractivity contribution in [3.05, 3.63) is 95.6 Å². The molecule has 0 fully saturated rings. The first kappa shape index (κ1) is 19.2. The molecule has 3 rings (SSSR count). The number of nitrogens with one attached hydrogen (secondary N) is 1. The van der Waals surface area contributed by atoms with Crippen molar-refractivity contribution in [2.45, 2.75) is 13.5 Å². The highest BCUT2D eigenvalue weighted by molar-refractivity contribution is 5.83. The number of nitrogens with zero attached hydrogens (tertiary/aromatic N) is 1. The summed E-state index contributed by atoms with van der Waals surface area (Å²) in [7, 11) is 0. The second-order valence-electron chi connectivity index (χ2n) is 6.24. The minimum atomic E-state index is -0.327. The number of carbonyl (C=O) groups is 1. The number of hydrazone groups is 1. The first-order chi connectivity index (χ1) is 13.7. The zero-order valence-corrected chi connectivity index (χ0v) is 15.7. The Hall–Kier alpha value is -3.60. The van der Waals surface area contributed by atoms with Gasteiger partial charge in [-0.1, -0.05) is 60.2 Å². The van der Waals surface area contributed by atoms with Crippen molar-refractivity contribution < 1.29 is 14.3 Å². The van der Waals surface area contributed by atoms with Crippen LogP contribution in [0.25, 0.3) is 0 Å². The van der Waals surface area contributed by atoms with Crippen molar-refractivity contribution >= 4 is 12.1 Å². The molecule has 142 valence electrons. The van der Waals surface area contributed by atoms with E-state index in [4.69, 9.17) is 9.47 Å². The number of hydrogen-bond acceptors (Lipinski definition) is 4. The molecule has 3 aromatic rings. The third-order valence-electron chi connectivity index (χ3n) is 3.90. The lowest BCUT2D eigenvalue weighted by molar-refractivity contribution is -0.123. The van der Waals surface area contributed by atoms with Gasteiger partial charge in [-0.15, -0.1) is 0 Å². The minimum absolute atomic E-state index is 0.0962. The van der Waals surface area contributed by atoms with Crippen LogP contribution in [0.1, 0.15) is 16.7 Å². The lowest BCUT2D eigenvalue weighted by atomic mass is 10.2. The van der Waals surface area contributed by atoms with E-state index in [2.05, 4.69) is 29.6 Å². The van der Waals surface area contributed by atoms with Gasteiger partial charge in [0, 0.05) is 0 Å². The lowest BCUT2D eigenvalue weighted by Crippen LogP contribution is -2.24. The van der Waals surface area contributed by atoms with E-state index in [-0.39, 0.29) is 12.5 Å². The van der Waals surface area contributed by atoms with Crippen LogP contribution in [0.2, 0.25) is 0 Å². The van der Waals surface area contributed by atoms with Crippen LogP contribution in [0.15, 0.2) is 84.0 Å². The molecule has 3 aromatic carbocycles. The molecule has 0 spiro atoms. The van der Waals surface area contributed by atoms with Crippen LogP contribution in [0.5, 0.6) is 11.5 Å². The van der Waals surface area contributed by atoms with E-state index < -0.39 is 0 Å². The van der Waals surface area contributed by atoms with Gasteiger partial charge in [0.25, 0.3) is 5.91 Å². The summed E-state index contributed by atoms with van der Waals surface area (Å²) in [5.74, 6) is 1.05. The Morgan fingerprint density at radius 2 is 1.68 bits per heavy atom. The van der Waals surface area contributed by atoms with E-state index in [1.807, 2.05) is 54.6 Å². The van der Waals surface area contributed by atoms with Gasteiger partial charge in [-0.2, -0.15) is 5.10 Å². The van der Waals surface area contributed by atoms with Crippen molar-refractivity contribution in [1.29, 1.82) is 0 Å². The molecule has 28 heavy (non-hydrogen) atoms. The smallest absolute Gasteiger partial charge is 0.277 e. The number of para-hydroxylation sites is 1. The summed E-state index contributed by atoms with van der Waals surface area (Å²) in [6.45, 7) is 2.45. The van der Waals surface area contributed by atoms with E-state index in [0.717, 1.165) is 16.9 Å². The Bertz CT molecular complexity index is 922. The third kappa shape index (κ3) is 6.29. The maximum Gasteiger partial charge on any atom is 0.277 e. The number of ether oxygens (including phenoxy) is 2. The van der Waals surface area contributed by atoms with Gasteiger partial charge < -0.3 is 9.47 Å². The van der Waals surface area contributed by atoms with Crippen molar-refractivity contribution in [3.63, 3.8) is 0 Å². The van der Waals surface area contributed by atoms with E-state index in [0.29, 0.717) is 12.4 Å². The molecule has 0 atom stereocenters. The maximum absolute atomic E-state index is 11.8. The van der Waals surface area contributed by atoms with E-state index in [9.17, 15) is 4.79 Å². The maximum atomic E-state index is 11.8. The zero-order chi connectivity index (χ0) is 19.6. The quantitative estimate of drug-likeness (QED) is 0.477. The highest BCUT2D eigenvalue weighted by Gasteiger charge is 2.01. The zero-order valence-electron chi connectivity index (χ0n) is 15.7. The highest BCUT2D eigenvalue weighted by atomic mass is 16.5. The standard InChI is InChI=1S/C23H22N2O3/c1-18-10-12-19(13-11-18)16-27-22-9-5-6-20(14-22)15-24-25-23(26)17-28-21-7-3-2-4-8-21/h2-15H,16-17H2,1H3,(H,25,26)/b24-15-. The van der Waals surface area contributed by atoms with E-state index in [1.54, 1.807) is 18.3 Å². The molecule has 0 heterocycles. The van der Waals surface area contributed by atoms with Crippen LogP contribution >= 0.6 is 0 Å². The molecule has 0 aliphatic heterocycles. The summed E-state index contributed by atoms with van der Waals surface area (Å²) in [5, 5.41) is 3.96. The second-order valence-corrected chi connectivity index (χ2v) is 6.24. The number of aryl methyl sites for hydroxylation is 1. The Morgan fingerprint density at radius 3 is 2.46 bits per heavy atom. The fourth-order valence-corrected chi connectivity index (χ4v) is 2.41.